The van der Waals surface area contributed by atoms with Crippen LogP contribution in [0.5, 0.6) is 17.2 Å². The topological polar surface area (TPSA) is 151 Å². The van der Waals surface area contributed by atoms with Crippen molar-refractivity contribution in [3.8, 4) is 17.2 Å². The van der Waals surface area contributed by atoms with Crippen molar-refractivity contribution in [2.45, 2.75) is 39.0 Å². The fourth-order valence-corrected chi connectivity index (χ4v) is 3.73. The largest absolute Gasteiger partial charge is 0.493 e. The van der Waals surface area contributed by atoms with Gasteiger partial charge in [0, 0.05) is 30.3 Å². The number of aromatic carboxylic acids is 1. The van der Waals surface area contributed by atoms with Gasteiger partial charge in [-0.05, 0) is 72.2 Å². The third-order valence-electron chi connectivity index (χ3n) is 5.71. The van der Waals surface area contributed by atoms with Crippen LogP contribution in [0.4, 0.5) is 11.4 Å². The predicted octanol–water partition coefficient (Wildman–Crippen LogP) is 5.28. The lowest BCUT2D eigenvalue weighted by Gasteiger charge is -2.12. The van der Waals surface area contributed by atoms with E-state index in [2.05, 4.69) is 6.92 Å². The van der Waals surface area contributed by atoms with Gasteiger partial charge in [0.25, 0.3) is 0 Å². The second kappa shape index (κ2) is 14.2. The summed E-state index contributed by atoms with van der Waals surface area (Å²) in [5.74, 6) is -0.650. The first-order valence-corrected chi connectivity index (χ1v) is 12.6. The molecule has 9 heteroatoms. The minimum absolute atomic E-state index is 0.0562. The van der Waals surface area contributed by atoms with Gasteiger partial charge in [0.05, 0.1) is 12.2 Å². The Kier molecular flexibility index (Phi) is 10.5. The van der Waals surface area contributed by atoms with Crippen LogP contribution in [0, 0.1) is 0 Å². The normalized spacial score (nSPS) is 10.8. The molecule has 0 heterocycles. The second-order valence-corrected chi connectivity index (χ2v) is 8.77. The number of nitrogens with two attached hydrogens (primary N) is 2. The highest BCUT2D eigenvalue weighted by molar-refractivity contribution is 5.92. The number of carboxylic acids is 1. The van der Waals surface area contributed by atoms with Gasteiger partial charge in [-0.1, -0.05) is 31.9 Å². The molecule has 0 unspecified atom stereocenters. The van der Waals surface area contributed by atoms with Gasteiger partial charge in [-0.3, -0.25) is 4.79 Å². The fraction of sp³-hybridized carbons (Fsp3) is 0.233. The number of hydrogen-bond acceptors (Lipinski definition) is 8. The van der Waals surface area contributed by atoms with Crippen molar-refractivity contribution in [2.24, 2.45) is 0 Å². The van der Waals surface area contributed by atoms with Crippen LogP contribution in [0.3, 0.4) is 0 Å². The molecule has 0 aliphatic rings. The molecule has 3 aromatic rings. The lowest BCUT2D eigenvalue weighted by Crippen LogP contribution is -2.11. The van der Waals surface area contributed by atoms with E-state index in [0.29, 0.717) is 41.3 Å². The van der Waals surface area contributed by atoms with Crippen molar-refractivity contribution in [1.29, 1.82) is 0 Å². The van der Waals surface area contributed by atoms with Gasteiger partial charge in [-0.15, -0.1) is 0 Å². The van der Waals surface area contributed by atoms with Crippen LogP contribution in [0.15, 0.2) is 66.7 Å². The van der Waals surface area contributed by atoms with Crippen LogP contribution in [0.25, 0.3) is 6.08 Å². The number of carboxylic acid groups (broad SMARTS) is 1. The number of esters is 2. The monoisotopic (exact) mass is 532 g/mol. The molecule has 0 spiro atoms. The number of nitrogen functional groups attached to an aromatic ring is 2. The number of benzene rings is 3. The van der Waals surface area contributed by atoms with E-state index >= 15 is 0 Å². The fourth-order valence-electron chi connectivity index (χ4n) is 3.73. The zero-order valence-corrected chi connectivity index (χ0v) is 21.7. The highest BCUT2D eigenvalue weighted by atomic mass is 16.5. The average Bonchev–Trinajstić information content (AvgIpc) is 2.90. The Hall–Kier alpha value is -4.79. The molecule has 39 heavy (non-hydrogen) atoms. The quantitative estimate of drug-likeness (QED) is 0.0878. The van der Waals surface area contributed by atoms with Crippen molar-refractivity contribution in [1.82, 2.24) is 0 Å². The molecule has 0 amide bonds. The second-order valence-electron chi connectivity index (χ2n) is 8.77. The SMILES string of the molecule is CCCCCC(=O)Oc1ccc(OC(=O)/C=C/c2ccc(OCCc3c(N)cc(N)cc3C(=O)O)cc2)cc1. The molecule has 0 radical (unpaired) electrons. The molecule has 0 atom stereocenters. The van der Waals surface area contributed by atoms with Crippen molar-refractivity contribution < 1.29 is 33.7 Å². The molecule has 204 valence electrons. The van der Waals surface area contributed by atoms with Gasteiger partial charge < -0.3 is 30.8 Å². The number of unbranched alkanes of at least 4 members (excludes halogenated alkanes) is 2. The Labute approximate surface area is 227 Å². The molecular formula is C30H32N2O7. The molecule has 0 fully saturated rings. The van der Waals surface area contributed by atoms with Crippen LogP contribution >= 0.6 is 0 Å². The molecule has 0 aromatic heterocycles. The summed E-state index contributed by atoms with van der Waals surface area (Å²) in [4.78, 5) is 35.5. The lowest BCUT2D eigenvalue weighted by atomic mass is 10.0. The zero-order chi connectivity index (χ0) is 28.2. The minimum atomic E-state index is -1.10. The molecule has 0 bridgehead atoms. The van der Waals surface area contributed by atoms with E-state index < -0.39 is 11.9 Å². The van der Waals surface area contributed by atoms with Gasteiger partial charge in [0.2, 0.25) is 0 Å². The Morgan fingerprint density at radius 1 is 0.872 bits per heavy atom. The summed E-state index contributed by atoms with van der Waals surface area (Å²) in [5.41, 5.74) is 13.5. The molecule has 0 aliphatic carbocycles. The first kappa shape index (κ1) is 28.8. The lowest BCUT2D eigenvalue weighted by molar-refractivity contribution is -0.134. The molecule has 9 nitrogen and oxygen atoms in total. The van der Waals surface area contributed by atoms with Crippen molar-refractivity contribution >= 4 is 35.4 Å². The zero-order valence-electron chi connectivity index (χ0n) is 21.7. The summed E-state index contributed by atoms with van der Waals surface area (Å²) in [6.45, 7) is 2.28. The number of hydrogen-bond donors (Lipinski definition) is 3. The van der Waals surface area contributed by atoms with Crippen molar-refractivity contribution in [2.75, 3.05) is 18.1 Å². The molecule has 0 aliphatic heterocycles. The van der Waals surface area contributed by atoms with E-state index in [-0.39, 0.29) is 23.8 Å². The first-order chi connectivity index (χ1) is 18.7. The molecule has 3 rings (SSSR count). The first-order valence-electron chi connectivity index (χ1n) is 12.6. The maximum atomic E-state index is 12.2. The van der Waals surface area contributed by atoms with E-state index in [1.807, 2.05) is 0 Å². The molecule has 3 aromatic carbocycles. The Balaban J connectivity index is 1.46. The van der Waals surface area contributed by atoms with E-state index in [0.717, 1.165) is 24.8 Å². The van der Waals surface area contributed by atoms with Crippen LogP contribution in [-0.4, -0.2) is 29.6 Å². The standard InChI is InChI=1S/C30H32N2O7/c1-2-3-4-5-28(33)38-23-11-13-24(14-12-23)39-29(34)15-8-20-6-9-22(10-7-20)37-17-16-25-26(30(35)36)18-21(31)19-27(25)32/h6-15,18-19H,2-5,16-17,31-32H2,1H3,(H,35,36)/b15-8+. The maximum Gasteiger partial charge on any atom is 0.336 e. The smallest absolute Gasteiger partial charge is 0.336 e. The van der Waals surface area contributed by atoms with Gasteiger partial charge >= 0.3 is 17.9 Å². The van der Waals surface area contributed by atoms with Crippen molar-refractivity contribution in [3.63, 3.8) is 0 Å². The van der Waals surface area contributed by atoms with Gasteiger partial charge in [-0.2, -0.15) is 0 Å². The Morgan fingerprint density at radius 2 is 1.51 bits per heavy atom. The van der Waals surface area contributed by atoms with Gasteiger partial charge in [0.1, 0.15) is 17.2 Å². The summed E-state index contributed by atoms with van der Waals surface area (Å²) >= 11 is 0. The number of anilines is 2. The average molecular weight is 533 g/mol. The Bertz CT molecular complexity index is 1320. The number of ether oxygens (including phenoxy) is 3. The van der Waals surface area contributed by atoms with E-state index in [9.17, 15) is 19.5 Å². The highest BCUT2D eigenvalue weighted by Crippen LogP contribution is 2.23. The minimum Gasteiger partial charge on any atom is -0.493 e. The summed E-state index contributed by atoms with van der Waals surface area (Å²) in [7, 11) is 0. The van der Waals surface area contributed by atoms with Crippen LogP contribution < -0.4 is 25.7 Å². The summed E-state index contributed by atoms with van der Waals surface area (Å²) in [6.07, 6.45) is 6.37. The molecule has 5 N–H and O–H groups in total. The van der Waals surface area contributed by atoms with Crippen molar-refractivity contribution in [3.05, 3.63) is 83.4 Å². The van der Waals surface area contributed by atoms with E-state index in [4.69, 9.17) is 25.7 Å². The number of rotatable bonds is 13. The highest BCUT2D eigenvalue weighted by Gasteiger charge is 2.14. The Morgan fingerprint density at radius 3 is 2.15 bits per heavy atom. The maximum absolute atomic E-state index is 12.2. The molecule has 0 saturated heterocycles. The van der Waals surface area contributed by atoms with Crippen LogP contribution in [0.2, 0.25) is 0 Å². The van der Waals surface area contributed by atoms with E-state index in [1.54, 1.807) is 54.6 Å². The number of carbonyl (C=O) groups excluding carboxylic acids is 2. The van der Waals surface area contributed by atoms with Gasteiger partial charge in [0.15, 0.2) is 0 Å². The van der Waals surface area contributed by atoms with E-state index in [1.165, 1.54) is 18.2 Å². The third-order valence-corrected chi connectivity index (χ3v) is 5.71. The summed E-state index contributed by atoms with van der Waals surface area (Å²) in [6, 6.07) is 16.2. The number of carbonyl (C=O) groups is 3. The van der Waals surface area contributed by atoms with Crippen LogP contribution in [-0.2, 0) is 16.0 Å². The third kappa shape index (κ3) is 9.23. The summed E-state index contributed by atoms with van der Waals surface area (Å²) in [5, 5.41) is 9.40. The van der Waals surface area contributed by atoms with Gasteiger partial charge in [-0.25, -0.2) is 9.59 Å². The molecular weight excluding hydrogens is 500 g/mol. The van der Waals surface area contributed by atoms with Crippen LogP contribution in [0.1, 0.15) is 54.1 Å². The predicted molar refractivity (Wildman–Crippen MR) is 149 cm³/mol. The summed E-state index contributed by atoms with van der Waals surface area (Å²) < 4.78 is 16.3. The molecule has 0 saturated carbocycles.